The SMILES string of the molecule is [NaH].c1cc2cccc3c4cccc5cccc(c(c1)c23)c54. The second-order valence-electron chi connectivity index (χ2n) is 5.42. The zero-order chi connectivity index (χ0) is 13.1. The fourth-order valence-corrected chi connectivity index (χ4v) is 3.58. The van der Waals surface area contributed by atoms with Gasteiger partial charge in [0.1, 0.15) is 0 Å². The van der Waals surface area contributed by atoms with Crippen molar-refractivity contribution in [3.63, 3.8) is 0 Å². The van der Waals surface area contributed by atoms with E-state index in [-0.39, 0.29) is 29.6 Å². The van der Waals surface area contributed by atoms with E-state index >= 15 is 0 Å². The average Bonchev–Trinajstić information content (AvgIpc) is 2.52. The third-order valence-electron chi connectivity index (χ3n) is 4.39. The quantitative estimate of drug-likeness (QED) is 0.210. The number of hydrogen-bond donors (Lipinski definition) is 0. The van der Waals surface area contributed by atoms with Gasteiger partial charge in [0.2, 0.25) is 0 Å². The summed E-state index contributed by atoms with van der Waals surface area (Å²) < 4.78 is 0. The van der Waals surface area contributed by atoms with E-state index in [1.54, 1.807) is 0 Å². The van der Waals surface area contributed by atoms with Crippen LogP contribution in [0.5, 0.6) is 0 Å². The van der Waals surface area contributed by atoms with Gasteiger partial charge >= 0.3 is 29.6 Å². The molecule has 5 rings (SSSR count). The molecule has 0 nitrogen and oxygen atoms in total. The Morgan fingerprint density at radius 2 is 0.667 bits per heavy atom. The topological polar surface area (TPSA) is 0 Å². The summed E-state index contributed by atoms with van der Waals surface area (Å²) in [5.74, 6) is 0. The predicted octanol–water partition coefficient (Wildman–Crippen LogP) is 5.09. The van der Waals surface area contributed by atoms with Gasteiger partial charge in [-0.2, -0.15) is 0 Å². The molecule has 5 aromatic carbocycles. The first-order chi connectivity index (χ1) is 9.93. The third kappa shape index (κ3) is 1.67. The van der Waals surface area contributed by atoms with E-state index in [0.717, 1.165) is 0 Å². The summed E-state index contributed by atoms with van der Waals surface area (Å²) in [5.41, 5.74) is 0. The molecule has 0 bridgehead atoms. The molecule has 0 spiro atoms. The molecule has 0 heterocycles. The molecule has 0 saturated carbocycles. The predicted molar refractivity (Wildman–Crippen MR) is 94.8 cm³/mol. The molecule has 0 aliphatic carbocycles. The van der Waals surface area contributed by atoms with Crippen molar-refractivity contribution in [3.05, 3.63) is 72.8 Å². The van der Waals surface area contributed by atoms with Crippen LogP contribution in [0.15, 0.2) is 72.8 Å². The molecule has 0 aromatic heterocycles. The molecule has 0 aliphatic heterocycles. The van der Waals surface area contributed by atoms with Crippen molar-refractivity contribution in [3.8, 4) is 0 Å². The zero-order valence-corrected chi connectivity index (χ0v) is 10.9. The van der Waals surface area contributed by atoms with E-state index in [1.807, 2.05) is 0 Å². The van der Waals surface area contributed by atoms with Crippen LogP contribution in [0.4, 0.5) is 0 Å². The average molecular weight is 276 g/mol. The molecule has 94 valence electrons. The molecule has 0 amide bonds. The van der Waals surface area contributed by atoms with Crippen LogP contribution in [-0.4, -0.2) is 29.6 Å². The summed E-state index contributed by atoms with van der Waals surface area (Å²) in [6.45, 7) is 0. The Bertz CT molecular complexity index is 923. The Labute approximate surface area is 145 Å². The second-order valence-corrected chi connectivity index (χ2v) is 5.42. The Kier molecular flexibility index (Phi) is 2.93. The van der Waals surface area contributed by atoms with Gasteiger partial charge in [-0.1, -0.05) is 72.8 Å². The van der Waals surface area contributed by atoms with Gasteiger partial charge in [0.05, 0.1) is 0 Å². The number of hydrogen-bond acceptors (Lipinski definition) is 0. The van der Waals surface area contributed by atoms with Crippen LogP contribution < -0.4 is 0 Å². The van der Waals surface area contributed by atoms with Crippen LogP contribution in [0, 0.1) is 0 Å². The number of rotatable bonds is 0. The molecule has 5 aromatic rings. The smallest absolute Gasteiger partial charge is 0.00264 e. The van der Waals surface area contributed by atoms with Crippen molar-refractivity contribution in [1.82, 2.24) is 0 Å². The third-order valence-corrected chi connectivity index (χ3v) is 4.39. The van der Waals surface area contributed by atoms with Crippen molar-refractivity contribution < 1.29 is 0 Å². The van der Waals surface area contributed by atoms with Crippen molar-refractivity contribution in [2.45, 2.75) is 0 Å². The van der Waals surface area contributed by atoms with Crippen molar-refractivity contribution >= 4 is 72.6 Å². The number of fused-ring (bicyclic) bond motifs is 2. The maximum atomic E-state index is 2.25. The van der Waals surface area contributed by atoms with Gasteiger partial charge in [0.25, 0.3) is 0 Å². The van der Waals surface area contributed by atoms with Gasteiger partial charge in [-0.05, 0) is 43.1 Å². The molecular formula is C20H13Na. The van der Waals surface area contributed by atoms with E-state index in [2.05, 4.69) is 72.8 Å². The Morgan fingerprint density at radius 3 is 0.952 bits per heavy atom. The maximum Gasteiger partial charge on any atom is -0.00264 e. The van der Waals surface area contributed by atoms with Gasteiger partial charge in [0.15, 0.2) is 0 Å². The van der Waals surface area contributed by atoms with Crippen molar-refractivity contribution in [2.24, 2.45) is 0 Å². The van der Waals surface area contributed by atoms with E-state index < -0.39 is 0 Å². The van der Waals surface area contributed by atoms with Gasteiger partial charge in [0, 0.05) is 0 Å². The first kappa shape index (κ1) is 13.1. The van der Waals surface area contributed by atoms with Gasteiger partial charge < -0.3 is 0 Å². The standard InChI is InChI=1S/C20H12.Na.H/c1-5-13-6-2-11-17-18-12-4-8-14-7-3-10-16(20(14)18)15(9-1)19(13)17;;/h1-12H;;. The van der Waals surface area contributed by atoms with E-state index in [1.165, 1.54) is 43.1 Å². The first-order valence-corrected chi connectivity index (χ1v) is 6.98. The van der Waals surface area contributed by atoms with E-state index in [4.69, 9.17) is 0 Å². The molecule has 0 radical (unpaired) electrons. The number of benzene rings is 5. The Morgan fingerprint density at radius 1 is 0.381 bits per heavy atom. The van der Waals surface area contributed by atoms with Crippen LogP contribution in [0.3, 0.4) is 0 Å². The van der Waals surface area contributed by atoms with Crippen LogP contribution in [-0.2, 0) is 0 Å². The monoisotopic (exact) mass is 276 g/mol. The zero-order valence-electron chi connectivity index (χ0n) is 10.9. The van der Waals surface area contributed by atoms with Crippen LogP contribution in [0.25, 0.3) is 43.1 Å². The normalized spacial score (nSPS) is 11.4. The molecule has 0 atom stereocenters. The molecule has 0 fully saturated rings. The van der Waals surface area contributed by atoms with Gasteiger partial charge in [-0.3, -0.25) is 0 Å². The Balaban J connectivity index is 0.00000115. The fraction of sp³-hybridized carbons (Fsp3) is 0. The summed E-state index contributed by atoms with van der Waals surface area (Å²) in [6, 6.07) is 26.4. The maximum absolute atomic E-state index is 2.25. The van der Waals surface area contributed by atoms with Gasteiger partial charge in [-0.25, -0.2) is 0 Å². The van der Waals surface area contributed by atoms with Crippen LogP contribution >= 0.6 is 0 Å². The minimum Gasteiger partial charge on any atom is -0.0610 e. The molecule has 0 aliphatic rings. The largest absolute Gasteiger partial charge is 0.0610 e. The molecule has 0 unspecified atom stereocenters. The first-order valence-electron chi connectivity index (χ1n) is 6.98. The summed E-state index contributed by atoms with van der Waals surface area (Å²) in [5, 5.41) is 10.9. The second kappa shape index (κ2) is 4.71. The molecule has 0 saturated heterocycles. The van der Waals surface area contributed by atoms with Crippen molar-refractivity contribution in [1.29, 1.82) is 0 Å². The summed E-state index contributed by atoms with van der Waals surface area (Å²) >= 11 is 0. The van der Waals surface area contributed by atoms with Crippen molar-refractivity contribution in [2.75, 3.05) is 0 Å². The Hall–Kier alpha value is -1.60. The van der Waals surface area contributed by atoms with Crippen LogP contribution in [0.1, 0.15) is 0 Å². The van der Waals surface area contributed by atoms with Gasteiger partial charge in [-0.15, -0.1) is 0 Å². The van der Waals surface area contributed by atoms with E-state index in [9.17, 15) is 0 Å². The summed E-state index contributed by atoms with van der Waals surface area (Å²) in [6.07, 6.45) is 0. The van der Waals surface area contributed by atoms with E-state index in [0.29, 0.717) is 0 Å². The minimum absolute atomic E-state index is 0. The van der Waals surface area contributed by atoms with Crippen LogP contribution in [0.2, 0.25) is 0 Å². The minimum atomic E-state index is 0. The summed E-state index contributed by atoms with van der Waals surface area (Å²) in [4.78, 5) is 0. The summed E-state index contributed by atoms with van der Waals surface area (Å²) in [7, 11) is 0. The molecule has 21 heavy (non-hydrogen) atoms. The molecule has 1 heteroatoms. The fourth-order valence-electron chi connectivity index (χ4n) is 3.58. The molecular weight excluding hydrogens is 263 g/mol. The molecule has 0 N–H and O–H groups in total.